The van der Waals surface area contributed by atoms with Crippen molar-refractivity contribution in [2.75, 3.05) is 33.4 Å². The van der Waals surface area contributed by atoms with Crippen molar-refractivity contribution in [2.45, 2.75) is 37.8 Å². The molecule has 2 aliphatic rings. The Kier molecular flexibility index (Phi) is 5.59. The Bertz CT molecular complexity index is 812. The predicted molar refractivity (Wildman–Crippen MR) is 103 cm³/mol. The molecule has 1 amide bonds. The summed E-state index contributed by atoms with van der Waals surface area (Å²) in [4.78, 5) is 21.3. The monoisotopic (exact) mass is 385 g/mol. The highest BCUT2D eigenvalue weighted by atomic mass is 16.5. The Morgan fingerprint density at radius 1 is 1.36 bits per heavy atom. The molecule has 4 rings (SSSR count). The fourth-order valence-electron chi connectivity index (χ4n) is 4.08. The zero-order valence-corrected chi connectivity index (χ0v) is 16.2. The molecule has 28 heavy (non-hydrogen) atoms. The van der Waals surface area contributed by atoms with Crippen LogP contribution in [-0.2, 0) is 34.5 Å². The van der Waals surface area contributed by atoms with E-state index >= 15 is 0 Å². The molecule has 0 aliphatic carbocycles. The summed E-state index contributed by atoms with van der Waals surface area (Å²) < 4.78 is 12.6. The summed E-state index contributed by atoms with van der Waals surface area (Å²) in [6, 6.07) is 3.79. The SMILES string of the molecule is COc1ccc(CCNC(=O)Cn2cnc3c2CCNC32CCOCC2)cn1. The summed E-state index contributed by atoms with van der Waals surface area (Å²) >= 11 is 0. The van der Waals surface area contributed by atoms with Gasteiger partial charge in [0.05, 0.1) is 24.7 Å². The lowest BCUT2D eigenvalue weighted by molar-refractivity contribution is -0.121. The standard InChI is InChI=1S/C20H27N5O3/c1-27-18-3-2-15(12-22-18)4-8-21-17(26)13-25-14-23-19-16(25)5-9-24-20(19)6-10-28-11-7-20/h2-3,12,14,24H,4-11,13H2,1H3,(H,21,26). The molecule has 0 bridgehead atoms. The predicted octanol–water partition coefficient (Wildman–Crippen LogP) is 0.797. The number of aromatic nitrogens is 3. The van der Waals surface area contributed by atoms with Crippen molar-refractivity contribution in [1.29, 1.82) is 0 Å². The first-order valence-corrected chi connectivity index (χ1v) is 9.83. The zero-order valence-electron chi connectivity index (χ0n) is 16.2. The molecule has 1 fully saturated rings. The second-order valence-corrected chi connectivity index (χ2v) is 7.35. The van der Waals surface area contributed by atoms with Crippen molar-refractivity contribution in [2.24, 2.45) is 0 Å². The second-order valence-electron chi connectivity index (χ2n) is 7.35. The Balaban J connectivity index is 1.33. The molecule has 0 atom stereocenters. The van der Waals surface area contributed by atoms with E-state index in [4.69, 9.17) is 9.47 Å². The van der Waals surface area contributed by atoms with Crippen LogP contribution in [0.25, 0.3) is 0 Å². The van der Waals surface area contributed by atoms with Crippen molar-refractivity contribution in [3.05, 3.63) is 41.6 Å². The van der Waals surface area contributed by atoms with Crippen molar-refractivity contribution in [1.82, 2.24) is 25.2 Å². The maximum Gasteiger partial charge on any atom is 0.239 e. The Labute approximate surface area is 164 Å². The molecule has 150 valence electrons. The average Bonchev–Trinajstić information content (AvgIpc) is 3.14. The maximum atomic E-state index is 12.4. The van der Waals surface area contributed by atoms with Gasteiger partial charge in [-0.15, -0.1) is 0 Å². The van der Waals surface area contributed by atoms with Crippen molar-refractivity contribution in [3.63, 3.8) is 0 Å². The lowest BCUT2D eigenvalue weighted by atomic mass is 9.82. The van der Waals surface area contributed by atoms with Crippen molar-refractivity contribution in [3.8, 4) is 5.88 Å². The van der Waals surface area contributed by atoms with Crippen LogP contribution in [0.2, 0.25) is 0 Å². The van der Waals surface area contributed by atoms with Gasteiger partial charge >= 0.3 is 0 Å². The van der Waals surface area contributed by atoms with Crippen LogP contribution in [0.4, 0.5) is 0 Å². The van der Waals surface area contributed by atoms with E-state index in [0.717, 1.165) is 56.7 Å². The third-order valence-electron chi connectivity index (χ3n) is 5.63. The molecule has 1 spiro atoms. The summed E-state index contributed by atoms with van der Waals surface area (Å²) in [6.45, 7) is 3.28. The molecule has 2 aromatic rings. The average molecular weight is 385 g/mol. The van der Waals surface area contributed by atoms with E-state index in [9.17, 15) is 4.79 Å². The number of rotatable bonds is 6. The Morgan fingerprint density at radius 3 is 2.96 bits per heavy atom. The maximum absolute atomic E-state index is 12.4. The number of amides is 1. The Hall–Kier alpha value is -2.45. The molecule has 8 nitrogen and oxygen atoms in total. The number of ether oxygens (including phenoxy) is 2. The van der Waals surface area contributed by atoms with Gasteiger partial charge in [-0.2, -0.15) is 0 Å². The quantitative estimate of drug-likeness (QED) is 0.764. The lowest BCUT2D eigenvalue weighted by Crippen LogP contribution is -2.51. The van der Waals surface area contributed by atoms with Crippen LogP contribution in [0.3, 0.4) is 0 Å². The van der Waals surface area contributed by atoms with Gasteiger partial charge < -0.3 is 24.7 Å². The number of methoxy groups -OCH3 is 1. The van der Waals surface area contributed by atoms with Gasteiger partial charge in [-0.05, 0) is 24.8 Å². The number of carbonyl (C=O) groups excluding carboxylic acids is 1. The molecule has 2 N–H and O–H groups in total. The van der Waals surface area contributed by atoms with Crippen LogP contribution in [0, 0.1) is 0 Å². The van der Waals surface area contributed by atoms with Gasteiger partial charge in [-0.25, -0.2) is 9.97 Å². The van der Waals surface area contributed by atoms with Gasteiger partial charge in [0.25, 0.3) is 0 Å². The number of nitrogens with one attached hydrogen (secondary N) is 2. The minimum atomic E-state index is -0.0884. The van der Waals surface area contributed by atoms with Gasteiger partial charge in [-0.1, -0.05) is 6.07 Å². The van der Waals surface area contributed by atoms with Gasteiger partial charge in [0.2, 0.25) is 11.8 Å². The number of imidazole rings is 1. The smallest absolute Gasteiger partial charge is 0.239 e. The summed E-state index contributed by atoms with van der Waals surface area (Å²) in [5, 5.41) is 6.64. The molecular weight excluding hydrogens is 358 g/mol. The van der Waals surface area contributed by atoms with Crippen LogP contribution >= 0.6 is 0 Å². The van der Waals surface area contributed by atoms with Crippen LogP contribution < -0.4 is 15.4 Å². The van der Waals surface area contributed by atoms with E-state index in [2.05, 4.69) is 20.6 Å². The molecule has 0 radical (unpaired) electrons. The summed E-state index contributed by atoms with van der Waals surface area (Å²) in [5.41, 5.74) is 3.25. The topological polar surface area (TPSA) is 90.3 Å². The molecule has 0 saturated carbocycles. The van der Waals surface area contributed by atoms with E-state index < -0.39 is 0 Å². The minimum absolute atomic E-state index is 0.00114. The minimum Gasteiger partial charge on any atom is -0.481 e. The van der Waals surface area contributed by atoms with Crippen molar-refractivity contribution < 1.29 is 14.3 Å². The third-order valence-corrected chi connectivity index (χ3v) is 5.63. The highest BCUT2D eigenvalue weighted by molar-refractivity contribution is 5.75. The lowest BCUT2D eigenvalue weighted by Gasteiger charge is -2.40. The van der Waals surface area contributed by atoms with E-state index in [-0.39, 0.29) is 11.4 Å². The van der Waals surface area contributed by atoms with Gasteiger partial charge in [0, 0.05) is 50.7 Å². The number of nitrogens with zero attached hydrogens (tertiary/aromatic N) is 3. The fraction of sp³-hybridized carbons (Fsp3) is 0.550. The summed E-state index contributed by atoms with van der Waals surface area (Å²) in [6.07, 6.45) is 7.07. The first kappa shape index (κ1) is 18.9. The normalized spacial score (nSPS) is 17.9. The van der Waals surface area contributed by atoms with Crippen molar-refractivity contribution >= 4 is 5.91 Å². The van der Waals surface area contributed by atoms with Crippen LogP contribution in [-0.4, -0.2) is 53.9 Å². The molecule has 1 saturated heterocycles. The molecule has 0 aromatic carbocycles. The first-order valence-electron chi connectivity index (χ1n) is 9.83. The van der Waals surface area contributed by atoms with E-state index in [0.29, 0.717) is 19.0 Å². The largest absolute Gasteiger partial charge is 0.481 e. The van der Waals surface area contributed by atoms with Crippen LogP contribution in [0.15, 0.2) is 24.7 Å². The highest BCUT2D eigenvalue weighted by Gasteiger charge is 2.40. The molecule has 2 aromatic heterocycles. The molecule has 4 heterocycles. The second kappa shape index (κ2) is 8.28. The number of fused-ring (bicyclic) bond motifs is 2. The van der Waals surface area contributed by atoms with Crippen LogP contribution in [0.5, 0.6) is 5.88 Å². The van der Waals surface area contributed by atoms with E-state index in [1.165, 1.54) is 5.69 Å². The third kappa shape index (κ3) is 3.88. The zero-order chi connectivity index (χ0) is 19.4. The number of hydrogen-bond acceptors (Lipinski definition) is 6. The molecule has 2 aliphatic heterocycles. The first-order chi connectivity index (χ1) is 13.7. The number of hydrogen-bond donors (Lipinski definition) is 2. The number of pyridine rings is 1. The summed E-state index contributed by atoms with van der Waals surface area (Å²) in [7, 11) is 1.59. The van der Waals surface area contributed by atoms with Gasteiger partial charge in [0.1, 0.15) is 6.54 Å². The Morgan fingerprint density at radius 2 is 2.21 bits per heavy atom. The summed E-state index contributed by atoms with van der Waals surface area (Å²) in [5.74, 6) is 0.593. The van der Waals surface area contributed by atoms with E-state index in [1.54, 1.807) is 13.3 Å². The molecular formula is C20H27N5O3. The molecule has 0 unspecified atom stereocenters. The highest BCUT2D eigenvalue weighted by Crippen LogP contribution is 2.35. The van der Waals surface area contributed by atoms with Gasteiger partial charge in [-0.3, -0.25) is 4.79 Å². The molecule has 8 heteroatoms. The van der Waals surface area contributed by atoms with E-state index in [1.807, 2.05) is 23.0 Å². The number of carbonyl (C=O) groups is 1. The van der Waals surface area contributed by atoms with Crippen LogP contribution in [0.1, 0.15) is 29.8 Å². The fourth-order valence-corrected chi connectivity index (χ4v) is 4.08. The van der Waals surface area contributed by atoms with Gasteiger partial charge in [0.15, 0.2) is 0 Å².